The summed E-state index contributed by atoms with van der Waals surface area (Å²) >= 11 is 0. The van der Waals surface area contributed by atoms with Crippen LogP contribution in [0.3, 0.4) is 0 Å². The maximum absolute atomic E-state index is 5.65. The lowest BCUT2D eigenvalue weighted by Gasteiger charge is -2.05. The lowest BCUT2D eigenvalue weighted by Crippen LogP contribution is -2.09. The molecule has 6 heteroatoms. The van der Waals surface area contributed by atoms with Crippen LogP contribution in [0, 0.1) is 0 Å². The Bertz CT molecular complexity index is 478. The highest BCUT2D eigenvalue weighted by Gasteiger charge is 2.01. The fourth-order valence-electron chi connectivity index (χ4n) is 3.59. The van der Waals surface area contributed by atoms with Crippen LogP contribution in [-0.2, 0) is 11.2 Å². The first-order valence-electron chi connectivity index (χ1n) is 12.1. The summed E-state index contributed by atoms with van der Waals surface area (Å²) in [4.78, 5) is 11.9. The second kappa shape index (κ2) is 18.6. The fraction of sp³-hybridized carbons (Fsp3) is 0.870. The maximum atomic E-state index is 5.65. The molecule has 1 heterocycles. The summed E-state index contributed by atoms with van der Waals surface area (Å²) < 4.78 is 5.65. The predicted octanol–water partition coefficient (Wildman–Crippen LogP) is 5.86. The number of nitrogens with zero attached hydrogens (tertiary/aromatic N) is 3. The molecule has 0 saturated carbocycles. The predicted molar refractivity (Wildman–Crippen MR) is 123 cm³/mol. The van der Waals surface area contributed by atoms with Crippen molar-refractivity contribution < 1.29 is 4.74 Å². The van der Waals surface area contributed by atoms with Crippen LogP contribution in [0.15, 0.2) is 0 Å². The number of anilines is 2. The summed E-state index contributed by atoms with van der Waals surface area (Å²) in [6.45, 7) is 3.68. The smallest absolute Gasteiger partial charge is 0.225 e. The summed E-state index contributed by atoms with van der Waals surface area (Å²) in [6, 6.07) is 0. The monoisotopic (exact) mass is 407 g/mol. The molecule has 0 aliphatic heterocycles. The Balaban J connectivity index is 1.75. The van der Waals surface area contributed by atoms with Crippen LogP contribution in [0.1, 0.15) is 115 Å². The van der Waals surface area contributed by atoms with Gasteiger partial charge in [0.15, 0.2) is 0 Å². The quantitative estimate of drug-likeness (QED) is 0.263. The SMILES string of the molecule is CCCCCCCCCCCCCCCCCCOCCc1nc(N)nc(N)n1. The third-order valence-electron chi connectivity index (χ3n) is 5.33. The van der Waals surface area contributed by atoms with Gasteiger partial charge in [-0.2, -0.15) is 15.0 Å². The molecule has 0 amide bonds. The molecule has 0 unspecified atom stereocenters. The molecule has 1 aromatic heterocycles. The molecule has 0 atom stereocenters. The summed E-state index contributed by atoms with van der Waals surface area (Å²) in [5.41, 5.74) is 11.1. The summed E-state index contributed by atoms with van der Waals surface area (Å²) in [6.07, 6.45) is 22.8. The van der Waals surface area contributed by atoms with Gasteiger partial charge in [-0.3, -0.25) is 0 Å². The summed E-state index contributed by atoms with van der Waals surface area (Å²) in [5.74, 6) is 0.942. The summed E-state index contributed by atoms with van der Waals surface area (Å²) in [7, 11) is 0. The van der Waals surface area contributed by atoms with E-state index in [1.807, 2.05) is 0 Å². The van der Waals surface area contributed by atoms with E-state index in [2.05, 4.69) is 21.9 Å². The van der Waals surface area contributed by atoms with Crippen LogP contribution in [0.25, 0.3) is 0 Å². The molecule has 29 heavy (non-hydrogen) atoms. The highest BCUT2D eigenvalue weighted by Crippen LogP contribution is 2.13. The van der Waals surface area contributed by atoms with Crippen LogP contribution in [-0.4, -0.2) is 28.2 Å². The van der Waals surface area contributed by atoms with Gasteiger partial charge in [0.2, 0.25) is 11.9 Å². The van der Waals surface area contributed by atoms with Gasteiger partial charge in [0.1, 0.15) is 5.82 Å². The van der Waals surface area contributed by atoms with Crippen LogP contribution in [0.5, 0.6) is 0 Å². The van der Waals surface area contributed by atoms with E-state index in [9.17, 15) is 0 Å². The molecule has 0 saturated heterocycles. The van der Waals surface area contributed by atoms with Gasteiger partial charge < -0.3 is 16.2 Å². The van der Waals surface area contributed by atoms with E-state index >= 15 is 0 Å². The average molecular weight is 408 g/mol. The standard InChI is InChI=1S/C23H45N5O/c1-2-3-4-5-6-7-8-9-10-11-12-13-14-15-16-17-19-29-20-18-21-26-22(24)28-23(25)27-21/h2-20H2,1H3,(H4,24,25,26,27,28). The Morgan fingerprint density at radius 3 is 1.41 bits per heavy atom. The van der Waals surface area contributed by atoms with E-state index in [4.69, 9.17) is 16.2 Å². The van der Waals surface area contributed by atoms with Crippen molar-refractivity contribution in [3.05, 3.63) is 5.82 Å². The second-order valence-corrected chi connectivity index (χ2v) is 8.13. The van der Waals surface area contributed by atoms with E-state index in [0.717, 1.165) is 13.0 Å². The number of aromatic nitrogens is 3. The number of unbranched alkanes of at least 4 members (excludes halogenated alkanes) is 15. The average Bonchev–Trinajstić information content (AvgIpc) is 2.69. The van der Waals surface area contributed by atoms with Gasteiger partial charge in [0, 0.05) is 13.0 Å². The third-order valence-corrected chi connectivity index (χ3v) is 5.33. The van der Waals surface area contributed by atoms with E-state index in [-0.39, 0.29) is 11.9 Å². The van der Waals surface area contributed by atoms with E-state index in [0.29, 0.717) is 18.9 Å². The lowest BCUT2D eigenvalue weighted by molar-refractivity contribution is 0.131. The zero-order chi connectivity index (χ0) is 21.0. The molecule has 0 aliphatic rings. The van der Waals surface area contributed by atoms with Crippen molar-refractivity contribution in [1.82, 2.24) is 15.0 Å². The molecule has 0 radical (unpaired) electrons. The third kappa shape index (κ3) is 16.1. The van der Waals surface area contributed by atoms with Crippen molar-refractivity contribution in [2.24, 2.45) is 0 Å². The van der Waals surface area contributed by atoms with E-state index in [1.54, 1.807) is 0 Å². The summed E-state index contributed by atoms with van der Waals surface area (Å²) in [5, 5.41) is 0. The highest BCUT2D eigenvalue weighted by molar-refractivity contribution is 5.25. The van der Waals surface area contributed by atoms with Crippen LogP contribution < -0.4 is 11.5 Å². The van der Waals surface area contributed by atoms with E-state index < -0.39 is 0 Å². The molecule has 1 aromatic rings. The Labute approximate surface area is 178 Å². The maximum Gasteiger partial charge on any atom is 0.225 e. The Morgan fingerprint density at radius 2 is 0.966 bits per heavy atom. The largest absolute Gasteiger partial charge is 0.381 e. The van der Waals surface area contributed by atoms with Crippen molar-refractivity contribution in [3.63, 3.8) is 0 Å². The number of nitrogen functional groups attached to an aromatic ring is 2. The zero-order valence-corrected chi connectivity index (χ0v) is 18.8. The normalized spacial score (nSPS) is 11.2. The molecular weight excluding hydrogens is 362 g/mol. The lowest BCUT2D eigenvalue weighted by atomic mass is 10.0. The topological polar surface area (TPSA) is 99.9 Å². The van der Waals surface area contributed by atoms with Crippen molar-refractivity contribution in [2.45, 2.75) is 116 Å². The van der Waals surface area contributed by atoms with Crippen molar-refractivity contribution in [3.8, 4) is 0 Å². The zero-order valence-electron chi connectivity index (χ0n) is 18.8. The molecule has 0 fully saturated rings. The highest BCUT2D eigenvalue weighted by atomic mass is 16.5. The minimum atomic E-state index is 0.172. The van der Waals surface area contributed by atoms with Crippen molar-refractivity contribution in [2.75, 3.05) is 24.7 Å². The fourth-order valence-corrected chi connectivity index (χ4v) is 3.59. The van der Waals surface area contributed by atoms with Gasteiger partial charge >= 0.3 is 0 Å². The molecule has 0 spiro atoms. The first kappa shape index (κ1) is 25.6. The number of rotatable bonds is 20. The van der Waals surface area contributed by atoms with Crippen molar-refractivity contribution >= 4 is 11.9 Å². The van der Waals surface area contributed by atoms with Gasteiger partial charge in [-0.05, 0) is 6.42 Å². The van der Waals surface area contributed by atoms with Crippen LogP contribution >= 0.6 is 0 Å². The Kier molecular flexibility index (Phi) is 16.4. The van der Waals surface area contributed by atoms with Gasteiger partial charge in [0.25, 0.3) is 0 Å². The van der Waals surface area contributed by atoms with Gasteiger partial charge in [-0.1, -0.05) is 103 Å². The van der Waals surface area contributed by atoms with Gasteiger partial charge in [0.05, 0.1) is 6.61 Å². The molecule has 1 rings (SSSR count). The minimum Gasteiger partial charge on any atom is -0.381 e. The number of nitrogens with two attached hydrogens (primary N) is 2. The van der Waals surface area contributed by atoms with Crippen LogP contribution in [0.2, 0.25) is 0 Å². The molecule has 168 valence electrons. The molecule has 6 nitrogen and oxygen atoms in total. The Morgan fingerprint density at radius 1 is 0.552 bits per heavy atom. The minimum absolute atomic E-state index is 0.172. The molecule has 0 bridgehead atoms. The Hall–Kier alpha value is -1.43. The van der Waals surface area contributed by atoms with Gasteiger partial charge in [-0.15, -0.1) is 0 Å². The van der Waals surface area contributed by atoms with E-state index in [1.165, 1.54) is 96.3 Å². The number of hydrogen-bond acceptors (Lipinski definition) is 6. The first-order valence-corrected chi connectivity index (χ1v) is 12.1. The number of hydrogen-bond donors (Lipinski definition) is 2. The second-order valence-electron chi connectivity index (χ2n) is 8.13. The molecule has 4 N–H and O–H groups in total. The van der Waals surface area contributed by atoms with Crippen LogP contribution in [0.4, 0.5) is 11.9 Å². The van der Waals surface area contributed by atoms with Crippen molar-refractivity contribution in [1.29, 1.82) is 0 Å². The van der Waals surface area contributed by atoms with Gasteiger partial charge in [-0.25, -0.2) is 0 Å². The first-order chi connectivity index (χ1) is 14.2. The molecule has 0 aliphatic carbocycles. The number of ether oxygens (including phenoxy) is 1. The molecular formula is C23H45N5O. The molecule has 0 aromatic carbocycles.